The normalized spacial score (nSPS) is 13.1. The van der Waals surface area contributed by atoms with Gasteiger partial charge in [-0.3, -0.25) is 0 Å². The van der Waals surface area contributed by atoms with E-state index in [-0.39, 0.29) is 12.3 Å². The molecule has 0 aliphatic heterocycles. The van der Waals surface area contributed by atoms with Crippen molar-refractivity contribution in [2.45, 2.75) is 23.6 Å². The van der Waals surface area contributed by atoms with E-state index in [0.717, 1.165) is 6.42 Å². The van der Waals surface area contributed by atoms with Gasteiger partial charge in [0.2, 0.25) is 3.79 Å². The summed E-state index contributed by atoms with van der Waals surface area (Å²) in [4.78, 5) is 11.4. The average Bonchev–Trinajstić information content (AvgIpc) is 2.17. The number of unbranched alkanes of at least 4 members (excludes halogenated alkanes) is 1. The first-order chi connectivity index (χ1) is 7.34. The highest BCUT2D eigenvalue weighted by molar-refractivity contribution is 6.69. The standard InChI is InChI=1S/C9H14Cl3NO3/c1-3-4-5-16-8(15)6(13-2)7(14)9(10,11)12/h13-14H,3-5H2,1-2H3/p-1/b7-6+. The van der Waals surface area contributed by atoms with Gasteiger partial charge in [-0.15, -0.1) is 0 Å². The molecule has 4 nitrogen and oxygen atoms in total. The molecule has 0 aliphatic rings. The lowest BCUT2D eigenvalue weighted by Gasteiger charge is -2.24. The third kappa shape index (κ3) is 5.14. The molecular formula is C9H13Cl3NO3-. The Morgan fingerprint density at radius 3 is 2.38 bits per heavy atom. The number of hydrogen-bond donors (Lipinski definition) is 1. The number of hydrogen-bond acceptors (Lipinski definition) is 4. The van der Waals surface area contributed by atoms with Crippen LogP contribution in [-0.2, 0) is 9.53 Å². The molecule has 0 heterocycles. The Bertz CT molecular complexity index is 274. The lowest BCUT2D eigenvalue weighted by molar-refractivity contribution is -0.306. The summed E-state index contributed by atoms with van der Waals surface area (Å²) in [5, 5.41) is 13.8. The minimum atomic E-state index is -2.16. The molecular weight excluding hydrogens is 276 g/mol. The van der Waals surface area contributed by atoms with Crippen molar-refractivity contribution in [3.63, 3.8) is 0 Å². The summed E-state index contributed by atoms with van der Waals surface area (Å²) in [5.74, 6) is -1.74. The highest BCUT2D eigenvalue weighted by atomic mass is 35.6. The molecule has 94 valence electrons. The number of esters is 1. The summed E-state index contributed by atoms with van der Waals surface area (Å²) in [5.41, 5.74) is -0.365. The molecule has 0 fully saturated rings. The van der Waals surface area contributed by atoms with E-state index in [0.29, 0.717) is 6.42 Å². The molecule has 0 bridgehead atoms. The first kappa shape index (κ1) is 15.7. The quantitative estimate of drug-likeness (QED) is 0.274. The number of ether oxygens (including phenoxy) is 1. The predicted molar refractivity (Wildman–Crippen MR) is 62.2 cm³/mol. The maximum atomic E-state index is 11.5. The number of allylic oxidation sites excluding steroid dienone is 1. The predicted octanol–water partition coefficient (Wildman–Crippen LogP) is 1.49. The van der Waals surface area contributed by atoms with Crippen LogP contribution < -0.4 is 10.4 Å². The van der Waals surface area contributed by atoms with Crippen molar-refractivity contribution in [1.82, 2.24) is 5.32 Å². The van der Waals surface area contributed by atoms with E-state index in [1.54, 1.807) is 0 Å². The zero-order valence-corrected chi connectivity index (χ0v) is 11.2. The molecule has 0 aliphatic carbocycles. The van der Waals surface area contributed by atoms with E-state index in [4.69, 9.17) is 39.5 Å². The van der Waals surface area contributed by atoms with Gasteiger partial charge in [0.1, 0.15) is 5.70 Å². The maximum Gasteiger partial charge on any atom is 0.353 e. The van der Waals surface area contributed by atoms with Crippen molar-refractivity contribution in [3.8, 4) is 0 Å². The van der Waals surface area contributed by atoms with E-state index >= 15 is 0 Å². The lowest BCUT2D eigenvalue weighted by atomic mass is 10.3. The van der Waals surface area contributed by atoms with Crippen LogP contribution in [0, 0.1) is 0 Å². The molecule has 0 aromatic rings. The van der Waals surface area contributed by atoms with Crippen LogP contribution in [0.2, 0.25) is 0 Å². The van der Waals surface area contributed by atoms with Crippen LogP contribution in [0.25, 0.3) is 0 Å². The summed E-state index contributed by atoms with van der Waals surface area (Å²) >= 11 is 16.1. The van der Waals surface area contributed by atoms with Crippen LogP contribution in [0.4, 0.5) is 0 Å². The van der Waals surface area contributed by atoms with Gasteiger partial charge >= 0.3 is 5.97 Å². The van der Waals surface area contributed by atoms with Crippen LogP contribution in [0.1, 0.15) is 19.8 Å². The van der Waals surface area contributed by atoms with Crippen LogP contribution in [-0.4, -0.2) is 23.4 Å². The summed E-state index contributed by atoms with van der Waals surface area (Å²) < 4.78 is 2.65. The molecule has 0 unspecified atom stereocenters. The van der Waals surface area contributed by atoms with Crippen LogP contribution in [0.3, 0.4) is 0 Å². The highest BCUT2D eigenvalue weighted by Gasteiger charge is 2.24. The molecule has 0 saturated heterocycles. The number of rotatable bonds is 5. The number of carbonyl (C=O) groups excluding carboxylic acids is 1. The average molecular weight is 290 g/mol. The maximum absolute atomic E-state index is 11.5. The van der Waals surface area contributed by atoms with Crippen molar-refractivity contribution >= 4 is 40.8 Å². The number of likely N-dealkylation sites (N-methyl/N-ethyl adjacent to an activating group) is 1. The van der Waals surface area contributed by atoms with Gasteiger partial charge in [-0.25, -0.2) is 4.79 Å². The van der Waals surface area contributed by atoms with Gasteiger partial charge in [-0.05, 0) is 12.2 Å². The van der Waals surface area contributed by atoms with Gasteiger partial charge in [0.05, 0.1) is 6.61 Å². The Hall–Kier alpha value is -0.320. The summed E-state index contributed by atoms with van der Waals surface area (Å²) in [6, 6.07) is 0. The molecule has 0 atom stereocenters. The Balaban J connectivity index is 4.66. The fraction of sp³-hybridized carbons (Fsp3) is 0.667. The van der Waals surface area contributed by atoms with E-state index in [1.165, 1.54) is 7.05 Å². The molecule has 0 rings (SSSR count). The van der Waals surface area contributed by atoms with Crippen LogP contribution in [0.15, 0.2) is 11.5 Å². The van der Waals surface area contributed by atoms with Crippen molar-refractivity contribution in [2.24, 2.45) is 0 Å². The third-order valence-corrected chi connectivity index (χ3v) is 2.18. The molecule has 16 heavy (non-hydrogen) atoms. The fourth-order valence-corrected chi connectivity index (χ4v) is 1.11. The number of nitrogens with one attached hydrogen (secondary N) is 1. The van der Waals surface area contributed by atoms with E-state index in [2.05, 4.69) is 5.32 Å². The smallest absolute Gasteiger partial charge is 0.353 e. The summed E-state index contributed by atoms with van der Waals surface area (Å²) in [6.45, 7) is 2.18. The monoisotopic (exact) mass is 288 g/mol. The van der Waals surface area contributed by atoms with Crippen LogP contribution >= 0.6 is 34.8 Å². The largest absolute Gasteiger partial charge is 0.871 e. The zero-order valence-electron chi connectivity index (χ0n) is 8.98. The minimum absolute atomic E-state index is 0.230. The molecule has 7 heteroatoms. The fourth-order valence-electron chi connectivity index (χ4n) is 0.831. The molecule has 0 aromatic carbocycles. The SMILES string of the molecule is CCCCOC(=O)/C(NC)=C(\[O-])C(Cl)(Cl)Cl. The third-order valence-electron chi connectivity index (χ3n) is 1.67. The number of carbonyl (C=O) groups is 1. The van der Waals surface area contributed by atoms with Gasteiger partial charge in [0, 0.05) is 7.05 Å². The molecule has 1 N–H and O–H groups in total. The first-order valence-electron chi connectivity index (χ1n) is 4.68. The van der Waals surface area contributed by atoms with Gasteiger partial charge in [0.25, 0.3) is 0 Å². The van der Waals surface area contributed by atoms with E-state index < -0.39 is 15.5 Å². The van der Waals surface area contributed by atoms with E-state index in [9.17, 15) is 9.90 Å². The lowest BCUT2D eigenvalue weighted by Crippen LogP contribution is -2.31. The summed E-state index contributed by atoms with van der Waals surface area (Å²) in [7, 11) is 1.38. The van der Waals surface area contributed by atoms with Gasteiger partial charge in [0.15, 0.2) is 0 Å². The van der Waals surface area contributed by atoms with Crippen molar-refractivity contribution in [2.75, 3.05) is 13.7 Å². The second-order valence-electron chi connectivity index (χ2n) is 2.94. The topological polar surface area (TPSA) is 61.4 Å². The van der Waals surface area contributed by atoms with Crippen molar-refractivity contribution in [1.29, 1.82) is 0 Å². The zero-order chi connectivity index (χ0) is 12.8. The number of halogens is 3. The van der Waals surface area contributed by atoms with Gasteiger partial charge in [-0.2, -0.15) is 0 Å². The minimum Gasteiger partial charge on any atom is -0.871 e. The van der Waals surface area contributed by atoms with Crippen LogP contribution in [0.5, 0.6) is 0 Å². The van der Waals surface area contributed by atoms with Gasteiger partial charge < -0.3 is 15.2 Å². The Morgan fingerprint density at radius 1 is 1.44 bits per heavy atom. The highest BCUT2D eigenvalue weighted by Crippen LogP contribution is 2.32. The molecule has 0 aromatic heterocycles. The Kier molecular flexibility index (Phi) is 6.95. The molecule has 0 saturated carbocycles. The van der Waals surface area contributed by atoms with Gasteiger partial charge in [-0.1, -0.05) is 48.1 Å². The molecule has 0 radical (unpaired) electrons. The van der Waals surface area contributed by atoms with Crippen molar-refractivity contribution in [3.05, 3.63) is 11.5 Å². The van der Waals surface area contributed by atoms with Crippen molar-refractivity contribution < 1.29 is 14.6 Å². The second-order valence-corrected chi connectivity index (χ2v) is 5.22. The van der Waals surface area contributed by atoms with E-state index in [1.807, 2.05) is 6.92 Å². The second kappa shape index (κ2) is 7.09. The Morgan fingerprint density at radius 2 is 2.00 bits per heavy atom. The summed E-state index contributed by atoms with van der Waals surface area (Å²) in [6.07, 6.45) is 1.59. The molecule has 0 amide bonds. The number of alkyl halides is 3. The molecule has 0 spiro atoms. The Labute approximate surface area is 109 Å². The first-order valence-corrected chi connectivity index (χ1v) is 5.81.